The van der Waals surface area contributed by atoms with Gasteiger partial charge in [-0.3, -0.25) is 0 Å². The molecule has 0 aromatic rings. The van der Waals surface area contributed by atoms with Crippen molar-refractivity contribution in [2.45, 2.75) is 0 Å². The topological polar surface area (TPSA) is 37.3 Å². The summed E-state index contributed by atoms with van der Waals surface area (Å²) in [5.41, 5.74) is 0. The molecule has 0 amide bonds. The lowest BCUT2D eigenvalue weighted by Gasteiger charge is -1.70. The van der Waals surface area contributed by atoms with Crippen LogP contribution >= 0.6 is 12.4 Å². The summed E-state index contributed by atoms with van der Waals surface area (Å²) in [6.45, 7) is 3.28. The van der Waals surface area contributed by atoms with Crippen LogP contribution in [0.2, 0.25) is 0 Å². The van der Waals surface area contributed by atoms with Crippen molar-refractivity contribution in [3.8, 4) is 0 Å². The van der Waals surface area contributed by atoms with Gasteiger partial charge in [-0.15, -0.1) is 12.4 Å². The van der Waals surface area contributed by atoms with Crippen LogP contribution in [-0.4, -0.2) is 11.1 Å². The van der Waals surface area contributed by atoms with E-state index in [1.54, 1.807) is 0 Å². The average Bonchev–Trinajstić information content (AvgIpc) is 1.61. The Balaban J connectivity index is 0. The molecule has 8 heavy (non-hydrogen) atoms. The van der Waals surface area contributed by atoms with Gasteiger partial charge in [0.25, 0.3) is 0 Å². The van der Waals surface area contributed by atoms with Gasteiger partial charge >= 0.3 is 5.97 Å². The quantitative estimate of drug-likeness (QED) is 0.456. The van der Waals surface area contributed by atoms with Crippen LogP contribution in [0.15, 0.2) is 24.8 Å². The van der Waals surface area contributed by atoms with Crippen LogP contribution in [0.4, 0.5) is 0 Å². The highest BCUT2D eigenvalue weighted by atomic mass is 35.5. The van der Waals surface area contributed by atoms with Crippen molar-refractivity contribution in [1.82, 2.24) is 0 Å². The number of allylic oxidation sites excluding steroid dienone is 2. The molecule has 0 radical (unpaired) electrons. The predicted molar refractivity (Wildman–Crippen MR) is 34.2 cm³/mol. The lowest BCUT2D eigenvalue weighted by molar-refractivity contribution is -0.131. The van der Waals surface area contributed by atoms with E-state index in [1.807, 2.05) is 0 Å². The Hall–Kier alpha value is -0.760. The maximum absolute atomic E-state index is 9.62. The van der Waals surface area contributed by atoms with Gasteiger partial charge in [0, 0.05) is 6.08 Å². The molecular formula is C5H7ClO2. The molecule has 0 aromatic carbocycles. The number of carboxylic acids is 1. The third-order valence-corrected chi connectivity index (χ3v) is 0.375. The summed E-state index contributed by atoms with van der Waals surface area (Å²) >= 11 is 0. The molecule has 0 bridgehead atoms. The second-order valence-corrected chi connectivity index (χ2v) is 0.933. The van der Waals surface area contributed by atoms with Crippen molar-refractivity contribution in [2.75, 3.05) is 0 Å². The normalized spacial score (nSPS) is 8.00. The molecule has 2 nitrogen and oxygen atoms in total. The summed E-state index contributed by atoms with van der Waals surface area (Å²) in [7, 11) is 0. The van der Waals surface area contributed by atoms with Gasteiger partial charge in [-0.1, -0.05) is 18.7 Å². The van der Waals surface area contributed by atoms with Gasteiger partial charge in [-0.05, 0) is 0 Å². The number of carboxylic acid groups (broad SMARTS) is 1. The van der Waals surface area contributed by atoms with Gasteiger partial charge in [0.2, 0.25) is 0 Å². The maximum Gasteiger partial charge on any atom is 0.328 e. The average molecular weight is 135 g/mol. The van der Waals surface area contributed by atoms with Crippen molar-refractivity contribution in [3.63, 3.8) is 0 Å². The smallest absolute Gasteiger partial charge is 0.328 e. The highest BCUT2D eigenvalue weighted by Crippen LogP contribution is 1.70. The van der Waals surface area contributed by atoms with Crippen molar-refractivity contribution < 1.29 is 9.90 Å². The Bertz CT molecular complexity index is 107. The first-order valence-corrected chi connectivity index (χ1v) is 1.79. The van der Waals surface area contributed by atoms with E-state index in [1.165, 1.54) is 12.2 Å². The minimum absolute atomic E-state index is 0. The monoisotopic (exact) mass is 134 g/mol. The lowest BCUT2D eigenvalue weighted by atomic mass is 10.5. The Labute approximate surface area is 53.9 Å². The van der Waals surface area contributed by atoms with Crippen molar-refractivity contribution in [2.24, 2.45) is 0 Å². The van der Waals surface area contributed by atoms with E-state index >= 15 is 0 Å². The molecule has 1 N–H and O–H groups in total. The van der Waals surface area contributed by atoms with E-state index in [-0.39, 0.29) is 12.4 Å². The van der Waals surface area contributed by atoms with Gasteiger partial charge < -0.3 is 5.11 Å². The first kappa shape index (κ1) is 10.3. The summed E-state index contributed by atoms with van der Waals surface area (Å²) in [4.78, 5) is 9.62. The molecule has 0 atom stereocenters. The zero-order chi connectivity index (χ0) is 5.70. The summed E-state index contributed by atoms with van der Waals surface area (Å²) in [5, 5.41) is 7.91. The largest absolute Gasteiger partial charge is 0.478 e. The molecule has 0 fully saturated rings. The third-order valence-electron chi connectivity index (χ3n) is 0.375. The van der Waals surface area contributed by atoms with E-state index in [4.69, 9.17) is 5.11 Å². The number of hydrogen-bond acceptors (Lipinski definition) is 1. The lowest BCUT2D eigenvalue weighted by Crippen LogP contribution is -1.83. The van der Waals surface area contributed by atoms with E-state index in [0.29, 0.717) is 0 Å². The standard InChI is InChI=1S/C5H6O2.ClH/c1-2-3-4-5(6)7;/h2-4H,1H2,(H,6,7);1H. The fraction of sp³-hybridized carbons (Fsp3) is 0. The van der Waals surface area contributed by atoms with Gasteiger partial charge in [-0.25, -0.2) is 4.79 Å². The number of rotatable bonds is 2. The molecule has 46 valence electrons. The Morgan fingerprint density at radius 2 is 2.12 bits per heavy atom. The summed E-state index contributed by atoms with van der Waals surface area (Å²) in [5.74, 6) is -0.945. The van der Waals surface area contributed by atoms with E-state index in [0.717, 1.165) is 6.08 Å². The van der Waals surface area contributed by atoms with E-state index < -0.39 is 5.97 Å². The van der Waals surface area contributed by atoms with Crippen LogP contribution in [0.25, 0.3) is 0 Å². The third kappa shape index (κ3) is 8.97. The fourth-order valence-corrected chi connectivity index (χ4v) is 0.150. The highest BCUT2D eigenvalue weighted by molar-refractivity contribution is 5.85. The first-order chi connectivity index (χ1) is 3.27. The minimum atomic E-state index is -0.945. The molecule has 0 saturated heterocycles. The Kier molecular flexibility index (Phi) is 8.01. The van der Waals surface area contributed by atoms with Crippen LogP contribution in [0.1, 0.15) is 0 Å². The first-order valence-electron chi connectivity index (χ1n) is 1.79. The van der Waals surface area contributed by atoms with Gasteiger partial charge in [-0.2, -0.15) is 0 Å². The zero-order valence-electron chi connectivity index (χ0n) is 4.20. The molecule has 0 aromatic heterocycles. The highest BCUT2D eigenvalue weighted by Gasteiger charge is 1.77. The number of hydrogen-bond donors (Lipinski definition) is 1. The molecule has 0 aliphatic carbocycles. The van der Waals surface area contributed by atoms with Crippen molar-refractivity contribution >= 4 is 18.4 Å². The molecule has 0 saturated carbocycles. The van der Waals surface area contributed by atoms with Crippen LogP contribution < -0.4 is 0 Å². The van der Waals surface area contributed by atoms with E-state index in [9.17, 15) is 4.79 Å². The number of carbonyl (C=O) groups is 1. The summed E-state index contributed by atoms with van der Waals surface area (Å²) < 4.78 is 0. The molecule has 3 heteroatoms. The second kappa shape index (κ2) is 6.24. The van der Waals surface area contributed by atoms with Crippen LogP contribution in [0, 0.1) is 0 Å². The van der Waals surface area contributed by atoms with Gasteiger partial charge in [0.1, 0.15) is 0 Å². The van der Waals surface area contributed by atoms with Crippen LogP contribution in [-0.2, 0) is 4.79 Å². The second-order valence-electron chi connectivity index (χ2n) is 0.933. The maximum atomic E-state index is 9.62. The molecule has 0 aliphatic heterocycles. The molecule has 0 spiro atoms. The molecule has 0 aliphatic rings. The number of halogens is 1. The number of aliphatic carboxylic acids is 1. The van der Waals surface area contributed by atoms with Crippen LogP contribution in [0.5, 0.6) is 0 Å². The van der Waals surface area contributed by atoms with Crippen molar-refractivity contribution in [3.05, 3.63) is 24.8 Å². The van der Waals surface area contributed by atoms with Gasteiger partial charge in [0.05, 0.1) is 0 Å². The molecule has 0 unspecified atom stereocenters. The predicted octanol–water partition coefficient (Wildman–Crippen LogP) is 1.23. The molecule has 0 rings (SSSR count). The van der Waals surface area contributed by atoms with Crippen molar-refractivity contribution in [1.29, 1.82) is 0 Å². The van der Waals surface area contributed by atoms with Gasteiger partial charge in [0.15, 0.2) is 0 Å². The van der Waals surface area contributed by atoms with Crippen LogP contribution in [0.3, 0.4) is 0 Å². The summed E-state index contributed by atoms with van der Waals surface area (Å²) in [6, 6.07) is 0. The SMILES string of the molecule is C=CC=CC(=O)O.Cl. The molecular weight excluding hydrogens is 128 g/mol. The summed E-state index contributed by atoms with van der Waals surface area (Å²) in [6.07, 6.45) is 3.80. The minimum Gasteiger partial charge on any atom is -0.478 e. The Morgan fingerprint density at radius 3 is 2.25 bits per heavy atom. The zero-order valence-corrected chi connectivity index (χ0v) is 5.02. The van der Waals surface area contributed by atoms with E-state index in [2.05, 4.69) is 6.58 Å². The molecule has 0 heterocycles. The Morgan fingerprint density at radius 1 is 1.62 bits per heavy atom. The fourth-order valence-electron chi connectivity index (χ4n) is 0.150.